The maximum Gasteiger partial charge on any atom is 0.243 e. The van der Waals surface area contributed by atoms with Crippen LogP contribution in [0.2, 0.25) is 0 Å². The molecule has 0 heterocycles. The fourth-order valence-electron chi connectivity index (χ4n) is 2.92. The van der Waals surface area contributed by atoms with E-state index in [1.54, 1.807) is 6.07 Å². The van der Waals surface area contributed by atoms with Crippen LogP contribution in [0.5, 0.6) is 17.2 Å². The van der Waals surface area contributed by atoms with Gasteiger partial charge >= 0.3 is 0 Å². The first kappa shape index (κ1) is 23.0. The molecule has 0 aliphatic heterocycles. The van der Waals surface area contributed by atoms with E-state index < -0.39 is 0 Å². The number of hydrogen-bond donors (Lipinski definition) is 2. The van der Waals surface area contributed by atoms with Crippen molar-refractivity contribution in [2.45, 2.75) is 19.8 Å². The fraction of sp³-hybridized carbons (Fsp3) is 0.269. The van der Waals surface area contributed by atoms with Gasteiger partial charge in [-0.25, -0.2) is 0 Å². The highest BCUT2D eigenvalue weighted by Crippen LogP contribution is 2.19. The zero-order chi connectivity index (χ0) is 22.4. The molecule has 0 fully saturated rings. The highest BCUT2D eigenvalue weighted by atomic mass is 16.5. The summed E-state index contributed by atoms with van der Waals surface area (Å²) in [6.07, 6.45) is 2.11. The van der Waals surface area contributed by atoms with Crippen LogP contribution in [-0.2, 0) is 4.79 Å². The lowest BCUT2D eigenvalue weighted by Crippen LogP contribution is -2.21. The van der Waals surface area contributed by atoms with E-state index in [9.17, 15) is 4.79 Å². The first-order valence-electron chi connectivity index (χ1n) is 10.9. The molecule has 0 spiro atoms. The molecular weight excluding hydrogens is 404 g/mol. The number of amides is 1. The van der Waals surface area contributed by atoms with Gasteiger partial charge in [-0.15, -0.1) is 0 Å². The van der Waals surface area contributed by atoms with Crippen molar-refractivity contribution in [1.82, 2.24) is 0 Å². The summed E-state index contributed by atoms with van der Waals surface area (Å²) in [7, 11) is 0. The number of anilines is 2. The lowest BCUT2D eigenvalue weighted by molar-refractivity contribution is -0.114. The first-order chi connectivity index (χ1) is 15.7. The van der Waals surface area contributed by atoms with Gasteiger partial charge in [0.1, 0.15) is 30.5 Å². The van der Waals surface area contributed by atoms with Crippen LogP contribution >= 0.6 is 0 Å². The van der Waals surface area contributed by atoms with E-state index in [0.717, 1.165) is 30.0 Å². The number of rotatable bonds is 13. The Balaban J connectivity index is 1.41. The molecule has 0 aliphatic carbocycles. The van der Waals surface area contributed by atoms with E-state index in [4.69, 9.17) is 14.2 Å². The molecule has 0 saturated carbocycles. The van der Waals surface area contributed by atoms with Gasteiger partial charge in [0.2, 0.25) is 5.91 Å². The number of ether oxygens (including phenoxy) is 3. The SMILES string of the molecule is CCCCOc1cccc(NCC(=O)Nc2cccc(OCCOc3ccccc3)c2)c1. The highest BCUT2D eigenvalue weighted by Gasteiger charge is 2.05. The molecule has 6 heteroatoms. The molecule has 1 amide bonds. The Morgan fingerprint density at radius 1 is 0.719 bits per heavy atom. The van der Waals surface area contributed by atoms with E-state index in [0.29, 0.717) is 31.3 Å². The lowest BCUT2D eigenvalue weighted by Gasteiger charge is -2.11. The van der Waals surface area contributed by atoms with Crippen LogP contribution in [0.15, 0.2) is 78.9 Å². The Kier molecular flexibility index (Phi) is 9.27. The molecule has 3 aromatic rings. The number of carbonyl (C=O) groups is 1. The van der Waals surface area contributed by atoms with Crippen LogP contribution in [0.4, 0.5) is 11.4 Å². The van der Waals surface area contributed by atoms with Crippen molar-refractivity contribution >= 4 is 17.3 Å². The second kappa shape index (κ2) is 12.9. The Labute approximate surface area is 189 Å². The van der Waals surface area contributed by atoms with Gasteiger partial charge in [0, 0.05) is 23.5 Å². The molecular formula is C26H30N2O4. The summed E-state index contributed by atoms with van der Waals surface area (Å²) < 4.78 is 17.1. The summed E-state index contributed by atoms with van der Waals surface area (Å²) >= 11 is 0. The van der Waals surface area contributed by atoms with Crippen molar-refractivity contribution in [3.05, 3.63) is 78.9 Å². The van der Waals surface area contributed by atoms with Crippen LogP contribution < -0.4 is 24.8 Å². The number of para-hydroxylation sites is 1. The highest BCUT2D eigenvalue weighted by molar-refractivity contribution is 5.93. The minimum absolute atomic E-state index is 0.146. The van der Waals surface area contributed by atoms with Gasteiger partial charge in [0.05, 0.1) is 13.2 Å². The summed E-state index contributed by atoms with van der Waals surface area (Å²) in [4.78, 5) is 12.3. The van der Waals surface area contributed by atoms with Crippen molar-refractivity contribution in [3.63, 3.8) is 0 Å². The van der Waals surface area contributed by atoms with E-state index >= 15 is 0 Å². The predicted octanol–water partition coefficient (Wildman–Crippen LogP) is 5.37. The third-order valence-electron chi connectivity index (χ3n) is 4.54. The fourth-order valence-corrected chi connectivity index (χ4v) is 2.92. The molecule has 0 unspecified atom stereocenters. The summed E-state index contributed by atoms with van der Waals surface area (Å²) in [5.41, 5.74) is 1.51. The Hall–Kier alpha value is -3.67. The molecule has 0 bridgehead atoms. The minimum atomic E-state index is -0.146. The van der Waals surface area contributed by atoms with Crippen molar-refractivity contribution in [3.8, 4) is 17.2 Å². The molecule has 3 rings (SSSR count). The van der Waals surface area contributed by atoms with E-state index in [-0.39, 0.29) is 12.5 Å². The van der Waals surface area contributed by atoms with Crippen molar-refractivity contribution in [2.24, 2.45) is 0 Å². The minimum Gasteiger partial charge on any atom is -0.494 e. The summed E-state index contributed by atoms with van der Waals surface area (Å²) in [5, 5.41) is 6.01. The monoisotopic (exact) mass is 434 g/mol. The Morgan fingerprint density at radius 3 is 2.03 bits per heavy atom. The maximum atomic E-state index is 12.3. The normalized spacial score (nSPS) is 10.3. The van der Waals surface area contributed by atoms with Crippen molar-refractivity contribution < 1.29 is 19.0 Å². The third kappa shape index (κ3) is 8.22. The third-order valence-corrected chi connectivity index (χ3v) is 4.54. The van der Waals surface area contributed by atoms with Gasteiger partial charge in [0.25, 0.3) is 0 Å². The maximum absolute atomic E-state index is 12.3. The predicted molar refractivity (Wildman–Crippen MR) is 128 cm³/mol. The molecule has 3 aromatic carbocycles. The number of unbranched alkanes of at least 4 members (excludes halogenated alkanes) is 1. The molecule has 168 valence electrons. The van der Waals surface area contributed by atoms with Crippen LogP contribution in [-0.4, -0.2) is 32.3 Å². The molecule has 0 atom stereocenters. The average Bonchev–Trinajstić information content (AvgIpc) is 2.82. The van der Waals surface area contributed by atoms with Gasteiger partial charge in [-0.3, -0.25) is 4.79 Å². The second-order valence-electron chi connectivity index (χ2n) is 7.17. The topological polar surface area (TPSA) is 68.8 Å². The molecule has 0 radical (unpaired) electrons. The smallest absolute Gasteiger partial charge is 0.243 e. The number of carbonyl (C=O) groups excluding carboxylic acids is 1. The summed E-state index contributed by atoms with van der Waals surface area (Å²) in [6, 6.07) is 24.5. The summed E-state index contributed by atoms with van der Waals surface area (Å²) in [6.45, 7) is 3.81. The average molecular weight is 435 g/mol. The lowest BCUT2D eigenvalue weighted by atomic mass is 10.3. The first-order valence-corrected chi connectivity index (χ1v) is 10.9. The Bertz CT molecular complexity index is 963. The summed E-state index contributed by atoms with van der Waals surface area (Å²) in [5.74, 6) is 2.13. The van der Waals surface area contributed by atoms with Crippen molar-refractivity contribution in [1.29, 1.82) is 0 Å². The van der Waals surface area contributed by atoms with Gasteiger partial charge < -0.3 is 24.8 Å². The molecule has 0 saturated heterocycles. The number of nitrogens with one attached hydrogen (secondary N) is 2. The quantitative estimate of drug-likeness (QED) is 0.354. The van der Waals surface area contributed by atoms with E-state index in [2.05, 4.69) is 17.6 Å². The van der Waals surface area contributed by atoms with Gasteiger partial charge in [-0.1, -0.05) is 43.7 Å². The van der Waals surface area contributed by atoms with Gasteiger partial charge in [-0.05, 0) is 42.8 Å². The Morgan fingerprint density at radius 2 is 1.31 bits per heavy atom. The van der Waals surface area contributed by atoms with Crippen molar-refractivity contribution in [2.75, 3.05) is 37.0 Å². The van der Waals surface area contributed by atoms with Crippen LogP contribution in [0, 0.1) is 0 Å². The molecule has 0 aromatic heterocycles. The van der Waals surface area contributed by atoms with Crippen LogP contribution in [0.3, 0.4) is 0 Å². The molecule has 2 N–H and O–H groups in total. The standard InChI is InChI=1S/C26H30N2O4/c1-2-3-15-30-24-13-7-9-21(18-24)27-20-26(29)28-22-10-8-14-25(19-22)32-17-16-31-23-11-5-4-6-12-23/h4-14,18-19,27H,2-3,15-17,20H2,1H3,(H,28,29). The zero-order valence-electron chi connectivity index (χ0n) is 18.4. The number of hydrogen-bond acceptors (Lipinski definition) is 5. The largest absolute Gasteiger partial charge is 0.494 e. The van der Waals surface area contributed by atoms with Crippen LogP contribution in [0.1, 0.15) is 19.8 Å². The van der Waals surface area contributed by atoms with E-state index in [1.807, 2.05) is 72.8 Å². The van der Waals surface area contributed by atoms with E-state index in [1.165, 1.54) is 0 Å². The molecule has 6 nitrogen and oxygen atoms in total. The number of benzene rings is 3. The second-order valence-corrected chi connectivity index (χ2v) is 7.17. The van der Waals surface area contributed by atoms with Gasteiger partial charge in [-0.2, -0.15) is 0 Å². The van der Waals surface area contributed by atoms with Crippen LogP contribution in [0.25, 0.3) is 0 Å². The van der Waals surface area contributed by atoms with Gasteiger partial charge in [0.15, 0.2) is 0 Å². The molecule has 0 aliphatic rings. The molecule has 32 heavy (non-hydrogen) atoms. The zero-order valence-corrected chi connectivity index (χ0v) is 18.4.